The summed E-state index contributed by atoms with van der Waals surface area (Å²) in [6.07, 6.45) is 1.88. The van der Waals surface area contributed by atoms with Crippen LogP contribution in [0.15, 0.2) is 40.9 Å². The maximum atomic E-state index is 14.1. The van der Waals surface area contributed by atoms with Crippen LogP contribution in [0, 0.1) is 12.7 Å². The molecule has 0 unspecified atom stereocenters. The maximum Gasteiger partial charge on any atom is 0.262 e. The van der Waals surface area contributed by atoms with Gasteiger partial charge in [0.15, 0.2) is 11.6 Å². The Morgan fingerprint density at radius 1 is 1.21 bits per heavy atom. The number of rotatable bonds is 6. The average molecular weight is 461 g/mol. The van der Waals surface area contributed by atoms with Crippen molar-refractivity contribution in [3.8, 4) is 5.75 Å². The molecule has 0 saturated carbocycles. The second-order valence-corrected chi connectivity index (χ2v) is 7.83. The van der Waals surface area contributed by atoms with Gasteiger partial charge in [0.2, 0.25) is 5.91 Å². The SMILES string of the molecule is CCCCNC(=O)Cc1c(C)n(C(=O)c2ccc(Br)cc2)c2cc(F)c(O)cc12. The fourth-order valence-corrected chi connectivity index (χ4v) is 3.59. The molecule has 2 aromatic carbocycles. The van der Waals surface area contributed by atoms with Crippen LogP contribution in [0.25, 0.3) is 10.9 Å². The van der Waals surface area contributed by atoms with Gasteiger partial charge in [-0.15, -0.1) is 0 Å². The molecule has 1 heterocycles. The quantitative estimate of drug-likeness (QED) is 0.523. The number of halogens is 2. The number of phenols is 1. The van der Waals surface area contributed by atoms with Crippen molar-refractivity contribution in [2.75, 3.05) is 6.54 Å². The van der Waals surface area contributed by atoms with Crippen molar-refractivity contribution in [2.24, 2.45) is 0 Å². The van der Waals surface area contributed by atoms with Crippen LogP contribution in [0.4, 0.5) is 4.39 Å². The Balaban J connectivity index is 2.09. The molecule has 0 fully saturated rings. The highest BCUT2D eigenvalue weighted by atomic mass is 79.9. The smallest absolute Gasteiger partial charge is 0.262 e. The van der Waals surface area contributed by atoms with Crippen molar-refractivity contribution >= 4 is 38.6 Å². The van der Waals surface area contributed by atoms with E-state index in [1.807, 2.05) is 6.92 Å². The molecule has 29 heavy (non-hydrogen) atoms. The number of carbonyl (C=O) groups excluding carboxylic acids is 2. The van der Waals surface area contributed by atoms with Crippen molar-refractivity contribution < 1.29 is 19.1 Å². The standard InChI is InChI=1S/C22H22BrFN2O3/c1-3-4-9-25-21(28)11-16-13(2)26(19-12-18(24)20(27)10-17(16)19)22(29)14-5-7-15(23)8-6-14/h5-8,10,12,27H,3-4,9,11H2,1-2H3,(H,25,28). The first-order valence-electron chi connectivity index (χ1n) is 9.42. The van der Waals surface area contributed by atoms with E-state index in [-0.39, 0.29) is 18.2 Å². The van der Waals surface area contributed by atoms with Crippen molar-refractivity contribution in [2.45, 2.75) is 33.1 Å². The summed E-state index contributed by atoms with van der Waals surface area (Å²) in [5, 5.41) is 13.2. The largest absolute Gasteiger partial charge is 0.505 e. The van der Waals surface area contributed by atoms with Crippen LogP contribution in [0.1, 0.15) is 41.4 Å². The second-order valence-electron chi connectivity index (χ2n) is 6.91. The van der Waals surface area contributed by atoms with Crippen LogP contribution in [0.3, 0.4) is 0 Å². The molecule has 7 heteroatoms. The Labute approximate surface area is 176 Å². The summed E-state index contributed by atoms with van der Waals surface area (Å²) < 4.78 is 16.3. The fourth-order valence-electron chi connectivity index (χ4n) is 3.32. The number of fused-ring (bicyclic) bond motifs is 1. The van der Waals surface area contributed by atoms with Crippen LogP contribution in [0.2, 0.25) is 0 Å². The monoisotopic (exact) mass is 460 g/mol. The summed E-state index contributed by atoms with van der Waals surface area (Å²) in [6.45, 7) is 4.33. The van der Waals surface area contributed by atoms with Gasteiger partial charge < -0.3 is 10.4 Å². The lowest BCUT2D eigenvalue weighted by Crippen LogP contribution is -2.26. The van der Waals surface area contributed by atoms with Gasteiger partial charge in [0.05, 0.1) is 11.9 Å². The third kappa shape index (κ3) is 4.34. The zero-order chi connectivity index (χ0) is 21.1. The first-order chi connectivity index (χ1) is 13.8. The molecular weight excluding hydrogens is 439 g/mol. The summed E-state index contributed by atoms with van der Waals surface area (Å²) in [6, 6.07) is 9.26. The molecule has 3 aromatic rings. The van der Waals surface area contributed by atoms with Gasteiger partial charge in [-0.3, -0.25) is 14.2 Å². The van der Waals surface area contributed by atoms with Gasteiger partial charge in [-0.1, -0.05) is 29.3 Å². The van der Waals surface area contributed by atoms with E-state index in [1.54, 1.807) is 31.2 Å². The number of amides is 1. The summed E-state index contributed by atoms with van der Waals surface area (Å²) in [4.78, 5) is 25.5. The van der Waals surface area contributed by atoms with E-state index in [4.69, 9.17) is 0 Å². The van der Waals surface area contributed by atoms with Gasteiger partial charge in [-0.25, -0.2) is 4.39 Å². The van der Waals surface area contributed by atoms with E-state index in [0.29, 0.717) is 34.3 Å². The second kappa shape index (κ2) is 8.78. The van der Waals surface area contributed by atoms with Gasteiger partial charge in [0, 0.05) is 33.7 Å². The third-order valence-electron chi connectivity index (χ3n) is 4.89. The molecule has 0 radical (unpaired) electrons. The highest BCUT2D eigenvalue weighted by Gasteiger charge is 2.23. The number of hydrogen-bond acceptors (Lipinski definition) is 3. The van der Waals surface area contributed by atoms with E-state index >= 15 is 0 Å². The lowest BCUT2D eigenvalue weighted by Gasteiger charge is -2.08. The van der Waals surface area contributed by atoms with Gasteiger partial charge >= 0.3 is 0 Å². The molecule has 0 aliphatic heterocycles. The Kier molecular flexibility index (Phi) is 6.37. The topological polar surface area (TPSA) is 71.3 Å². The van der Waals surface area contributed by atoms with E-state index in [1.165, 1.54) is 10.6 Å². The van der Waals surface area contributed by atoms with Crippen molar-refractivity contribution in [1.82, 2.24) is 9.88 Å². The van der Waals surface area contributed by atoms with Crippen LogP contribution in [-0.4, -0.2) is 28.0 Å². The highest BCUT2D eigenvalue weighted by Crippen LogP contribution is 2.32. The minimum atomic E-state index is -0.821. The molecular formula is C22H22BrFN2O3. The molecule has 0 aliphatic carbocycles. The Morgan fingerprint density at radius 3 is 2.55 bits per heavy atom. The summed E-state index contributed by atoms with van der Waals surface area (Å²) in [5.74, 6) is -1.85. The predicted octanol–water partition coefficient (Wildman–Crippen LogP) is 4.70. The lowest BCUT2D eigenvalue weighted by atomic mass is 10.1. The van der Waals surface area contributed by atoms with Gasteiger partial charge in [0.25, 0.3) is 5.91 Å². The van der Waals surface area contributed by atoms with E-state index in [2.05, 4.69) is 21.2 Å². The molecule has 3 rings (SSSR count). The summed E-state index contributed by atoms with van der Waals surface area (Å²) in [5.41, 5.74) is 1.89. The Morgan fingerprint density at radius 2 is 1.90 bits per heavy atom. The zero-order valence-corrected chi connectivity index (χ0v) is 17.8. The molecule has 1 amide bonds. The molecule has 0 bridgehead atoms. The molecule has 5 nitrogen and oxygen atoms in total. The third-order valence-corrected chi connectivity index (χ3v) is 5.42. The summed E-state index contributed by atoms with van der Waals surface area (Å²) in [7, 11) is 0. The lowest BCUT2D eigenvalue weighted by molar-refractivity contribution is -0.120. The predicted molar refractivity (Wildman–Crippen MR) is 114 cm³/mol. The van der Waals surface area contributed by atoms with E-state index in [9.17, 15) is 19.1 Å². The van der Waals surface area contributed by atoms with E-state index in [0.717, 1.165) is 23.4 Å². The highest BCUT2D eigenvalue weighted by molar-refractivity contribution is 9.10. The molecule has 0 saturated heterocycles. The number of unbranched alkanes of at least 4 members (excludes halogenated alkanes) is 1. The number of aromatic hydroxyl groups is 1. The van der Waals surface area contributed by atoms with Crippen LogP contribution >= 0.6 is 15.9 Å². The number of benzene rings is 2. The maximum absolute atomic E-state index is 14.1. The molecule has 0 spiro atoms. The van der Waals surface area contributed by atoms with Crippen LogP contribution < -0.4 is 5.32 Å². The Bertz CT molecular complexity index is 1070. The summed E-state index contributed by atoms with van der Waals surface area (Å²) >= 11 is 3.34. The van der Waals surface area contributed by atoms with Crippen molar-refractivity contribution in [3.05, 3.63) is 63.5 Å². The van der Waals surface area contributed by atoms with Gasteiger partial charge in [0.1, 0.15) is 0 Å². The first kappa shape index (κ1) is 21.0. The fraction of sp³-hybridized carbons (Fsp3) is 0.273. The minimum absolute atomic E-state index is 0.0394. The number of nitrogens with one attached hydrogen (secondary N) is 1. The van der Waals surface area contributed by atoms with Crippen molar-refractivity contribution in [1.29, 1.82) is 0 Å². The van der Waals surface area contributed by atoms with Crippen molar-refractivity contribution in [3.63, 3.8) is 0 Å². The van der Waals surface area contributed by atoms with Gasteiger partial charge in [-0.05, 0) is 49.2 Å². The van der Waals surface area contributed by atoms with Gasteiger partial charge in [-0.2, -0.15) is 0 Å². The normalized spacial score (nSPS) is 11.0. The number of aromatic nitrogens is 1. The average Bonchev–Trinajstić information content (AvgIpc) is 2.93. The number of phenolic OH excluding ortho intramolecular Hbond substituents is 1. The Hall–Kier alpha value is -2.67. The molecule has 0 atom stereocenters. The zero-order valence-electron chi connectivity index (χ0n) is 16.3. The molecule has 2 N–H and O–H groups in total. The van der Waals surface area contributed by atoms with Crippen LogP contribution in [0.5, 0.6) is 5.75 Å². The molecule has 152 valence electrons. The molecule has 1 aromatic heterocycles. The number of nitrogens with zero attached hydrogens (tertiary/aromatic N) is 1. The number of hydrogen-bond donors (Lipinski definition) is 2. The molecule has 0 aliphatic rings. The van der Waals surface area contributed by atoms with Crippen LogP contribution in [-0.2, 0) is 11.2 Å². The van der Waals surface area contributed by atoms with E-state index < -0.39 is 11.6 Å². The first-order valence-corrected chi connectivity index (χ1v) is 10.2. The minimum Gasteiger partial charge on any atom is -0.505 e. The number of carbonyl (C=O) groups is 2.